The fourth-order valence-electron chi connectivity index (χ4n) is 3.08. The van der Waals surface area contributed by atoms with Crippen LogP contribution in [-0.4, -0.2) is 64.6 Å². The second-order valence-electron chi connectivity index (χ2n) is 9.07. The van der Waals surface area contributed by atoms with Crippen LogP contribution in [0.4, 0.5) is 4.79 Å². The zero-order chi connectivity index (χ0) is 21.3. The molecule has 2 aliphatic heterocycles. The van der Waals surface area contributed by atoms with Gasteiger partial charge in [-0.3, -0.25) is 4.90 Å². The molecule has 158 valence electrons. The largest absolute Gasteiger partial charge is 0.461 e. The molecule has 1 spiro atoms. The van der Waals surface area contributed by atoms with Crippen LogP contribution >= 0.6 is 0 Å². The molecule has 0 saturated carbocycles. The SMILES string of the molecule is CCOC(=O)C1=NO[C@@]2(C1)C[C@H](C(=O)OC(C)(C)C)N(C(=O)OC(C)(C)C)C2. The smallest absolute Gasteiger partial charge is 0.411 e. The molecule has 0 bridgehead atoms. The van der Waals surface area contributed by atoms with E-state index in [1.54, 1.807) is 48.5 Å². The molecule has 0 N–H and O–H groups in total. The van der Waals surface area contributed by atoms with E-state index >= 15 is 0 Å². The summed E-state index contributed by atoms with van der Waals surface area (Å²) in [7, 11) is 0. The predicted octanol–water partition coefficient (Wildman–Crippen LogP) is 2.42. The molecule has 1 amide bonds. The average Bonchev–Trinajstić information content (AvgIpc) is 3.09. The zero-order valence-corrected chi connectivity index (χ0v) is 17.7. The Morgan fingerprint density at radius 1 is 1.14 bits per heavy atom. The molecule has 0 aromatic heterocycles. The third kappa shape index (κ3) is 5.36. The van der Waals surface area contributed by atoms with Crippen molar-refractivity contribution in [1.29, 1.82) is 0 Å². The van der Waals surface area contributed by atoms with Crippen molar-refractivity contribution in [2.45, 2.75) is 84.2 Å². The summed E-state index contributed by atoms with van der Waals surface area (Å²) in [6, 6.07) is -0.897. The number of oxime groups is 1. The van der Waals surface area contributed by atoms with Crippen molar-refractivity contribution < 1.29 is 33.4 Å². The summed E-state index contributed by atoms with van der Waals surface area (Å²) in [5, 5.41) is 3.84. The molecule has 28 heavy (non-hydrogen) atoms. The van der Waals surface area contributed by atoms with Crippen LogP contribution in [0.15, 0.2) is 5.16 Å². The van der Waals surface area contributed by atoms with Crippen molar-refractivity contribution in [2.75, 3.05) is 13.2 Å². The molecule has 0 aliphatic carbocycles. The van der Waals surface area contributed by atoms with E-state index in [1.165, 1.54) is 4.90 Å². The van der Waals surface area contributed by atoms with Crippen LogP contribution in [0.25, 0.3) is 0 Å². The van der Waals surface area contributed by atoms with E-state index in [-0.39, 0.29) is 31.7 Å². The second-order valence-corrected chi connectivity index (χ2v) is 9.07. The van der Waals surface area contributed by atoms with Crippen molar-refractivity contribution >= 4 is 23.7 Å². The summed E-state index contributed by atoms with van der Waals surface area (Å²) in [6.07, 6.45) is -0.355. The number of carbonyl (C=O) groups excluding carboxylic acids is 3. The first-order chi connectivity index (χ1) is 12.8. The number of hydrogen-bond acceptors (Lipinski definition) is 8. The lowest BCUT2D eigenvalue weighted by Gasteiger charge is -2.29. The van der Waals surface area contributed by atoms with Crippen LogP contribution in [0.1, 0.15) is 61.3 Å². The van der Waals surface area contributed by atoms with Crippen LogP contribution in [0.5, 0.6) is 0 Å². The Kier molecular flexibility index (Phi) is 5.96. The molecule has 0 aromatic rings. The minimum atomic E-state index is -0.986. The number of ether oxygens (including phenoxy) is 3. The Morgan fingerprint density at radius 2 is 1.75 bits per heavy atom. The van der Waals surface area contributed by atoms with E-state index < -0.39 is 40.9 Å². The molecule has 2 aliphatic rings. The molecule has 1 saturated heterocycles. The van der Waals surface area contributed by atoms with Crippen molar-refractivity contribution in [2.24, 2.45) is 5.16 Å². The highest BCUT2D eigenvalue weighted by atomic mass is 16.7. The number of hydrogen-bond donors (Lipinski definition) is 0. The number of rotatable bonds is 3. The second kappa shape index (κ2) is 7.60. The van der Waals surface area contributed by atoms with Crippen LogP contribution < -0.4 is 0 Å². The highest BCUT2D eigenvalue weighted by molar-refractivity contribution is 6.36. The molecule has 0 aromatic carbocycles. The summed E-state index contributed by atoms with van der Waals surface area (Å²) in [6.45, 7) is 12.5. The van der Waals surface area contributed by atoms with E-state index in [4.69, 9.17) is 19.0 Å². The number of likely N-dealkylation sites (tertiary alicyclic amines) is 1. The van der Waals surface area contributed by atoms with Gasteiger partial charge in [-0.05, 0) is 48.5 Å². The minimum Gasteiger partial charge on any atom is -0.461 e. The fourth-order valence-corrected chi connectivity index (χ4v) is 3.08. The van der Waals surface area contributed by atoms with Crippen molar-refractivity contribution in [3.8, 4) is 0 Å². The average molecular weight is 398 g/mol. The van der Waals surface area contributed by atoms with Gasteiger partial charge in [-0.25, -0.2) is 14.4 Å². The van der Waals surface area contributed by atoms with E-state index in [1.807, 2.05) is 0 Å². The third-order valence-electron chi connectivity index (χ3n) is 4.06. The lowest BCUT2D eigenvalue weighted by Crippen LogP contribution is -2.46. The van der Waals surface area contributed by atoms with E-state index in [0.29, 0.717) is 0 Å². The van der Waals surface area contributed by atoms with Crippen molar-refractivity contribution in [1.82, 2.24) is 4.90 Å². The Hall–Kier alpha value is -2.32. The van der Waals surface area contributed by atoms with Gasteiger partial charge >= 0.3 is 18.0 Å². The molecule has 9 nitrogen and oxygen atoms in total. The fraction of sp³-hybridized carbons (Fsp3) is 0.789. The number of nitrogens with zero attached hydrogens (tertiary/aromatic N) is 2. The van der Waals surface area contributed by atoms with Crippen molar-refractivity contribution in [3.05, 3.63) is 0 Å². The maximum Gasteiger partial charge on any atom is 0.411 e. The maximum atomic E-state index is 12.7. The lowest BCUT2D eigenvalue weighted by molar-refractivity contribution is -0.160. The minimum absolute atomic E-state index is 0.0538. The molecule has 2 rings (SSSR count). The number of amides is 1. The molecule has 9 heteroatoms. The third-order valence-corrected chi connectivity index (χ3v) is 4.06. The number of carbonyl (C=O) groups is 3. The zero-order valence-electron chi connectivity index (χ0n) is 17.7. The van der Waals surface area contributed by atoms with E-state index in [9.17, 15) is 14.4 Å². The molecule has 0 unspecified atom stereocenters. The summed E-state index contributed by atoms with van der Waals surface area (Å²) in [4.78, 5) is 44.2. The van der Waals surface area contributed by atoms with Gasteiger partial charge in [0.1, 0.15) is 17.2 Å². The van der Waals surface area contributed by atoms with Gasteiger partial charge in [-0.15, -0.1) is 0 Å². The van der Waals surface area contributed by atoms with Gasteiger partial charge in [0, 0.05) is 12.8 Å². The standard InChI is InChI=1S/C19H30N2O7/c1-8-25-14(22)12-9-19(28-20-12)10-13(15(23)26-17(2,3)4)21(11-19)16(24)27-18(5,6)7/h13H,8-11H2,1-7H3/t13-,19+/m1/s1. The summed E-state index contributed by atoms with van der Waals surface area (Å²) >= 11 is 0. The Balaban J connectivity index is 2.21. The van der Waals surface area contributed by atoms with Gasteiger partial charge in [0.25, 0.3) is 0 Å². The Bertz CT molecular complexity index is 637. The van der Waals surface area contributed by atoms with Gasteiger partial charge in [-0.2, -0.15) is 0 Å². The first kappa shape index (κ1) is 22.0. The highest BCUT2D eigenvalue weighted by Gasteiger charge is 2.56. The summed E-state index contributed by atoms with van der Waals surface area (Å²) < 4.78 is 15.9. The quantitative estimate of drug-likeness (QED) is 0.531. The van der Waals surface area contributed by atoms with Crippen LogP contribution in [-0.2, 0) is 28.6 Å². The van der Waals surface area contributed by atoms with Crippen LogP contribution in [0.3, 0.4) is 0 Å². The normalized spacial score (nSPS) is 24.6. The van der Waals surface area contributed by atoms with Gasteiger partial charge in [-0.1, -0.05) is 5.16 Å². The molecule has 0 radical (unpaired) electrons. The molecular weight excluding hydrogens is 368 g/mol. The maximum absolute atomic E-state index is 12.7. The van der Waals surface area contributed by atoms with Crippen molar-refractivity contribution in [3.63, 3.8) is 0 Å². The Labute approximate surface area is 165 Å². The first-order valence-electron chi connectivity index (χ1n) is 9.40. The molecule has 2 atom stereocenters. The molecule has 1 fully saturated rings. The summed E-state index contributed by atoms with van der Waals surface area (Å²) in [5.41, 5.74) is -2.29. The topological polar surface area (TPSA) is 104 Å². The van der Waals surface area contributed by atoms with Gasteiger partial charge in [0.2, 0.25) is 0 Å². The predicted molar refractivity (Wildman–Crippen MR) is 99.7 cm³/mol. The van der Waals surface area contributed by atoms with Gasteiger partial charge < -0.3 is 19.0 Å². The Morgan fingerprint density at radius 3 is 2.29 bits per heavy atom. The highest BCUT2D eigenvalue weighted by Crippen LogP contribution is 2.39. The van der Waals surface area contributed by atoms with Gasteiger partial charge in [0.05, 0.1) is 13.2 Å². The first-order valence-corrected chi connectivity index (χ1v) is 9.40. The van der Waals surface area contributed by atoms with E-state index in [2.05, 4.69) is 5.16 Å². The summed E-state index contributed by atoms with van der Waals surface area (Å²) in [5.74, 6) is -1.12. The van der Waals surface area contributed by atoms with Gasteiger partial charge in [0.15, 0.2) is 11.3 Å². The van der Waals surface area contributed by atoms with E-state index in [0.717, 1.165) is 0 Å². The molecule has 2 heterocycles. The number of esters is 2. The van der Waals surface area contributed by atoms with Crippen LogP contribution in [0.2, 0.25) is 0 Å². The lowest BCUT2D eigenvalue weighted by atomic mass is 9.94. The monoisotopic (exact) mass is 398 g/mol. The molecular formula is C19H30N2O7. The van der Waals surface area contributed by atoms with Crippen LogP contribution in [0, 0.1) is 0 Å².